The van der Waals surface area contributed by atoms with Gasteiger partial charge in [0.25, 0.3) is 11.3 Å². The Bertz CT molecular complexity index is 1030. The minimum atomic E-state index is -2.11. The molecule has 2 heterocycles. The summed E-state index contributed by atoms with van der Waals surface area (Å²) in [7, 11) is 0. The number of carbonyl (C=O) groups is 1. The summed E-state index contributed by atoms with van der Waals surface area (Å²) in [5.41, 5.74) is 0.887. The molecular formula is C23H24N2O4. The molecule has 29 heavy (non-hydrogen) atoms. The second-order valence-corrected chi connectivity index (χ2v) is 8.56. The molecule has 2 aromatic rings. The average molecular weight is 392 g/mol. The summed E-state index contributed by atoms with van der Waals surface area (Å²) in [5, 5.41) is 14.7. The third-order valence-electron chi connectivity index (χ3n) is 6.61. The second kappa shape index (κ2) is 6.13. The van der Waals surface area contributed by atoms with E-state index in [0.717, 1.165) is 37.2 Å². The van der Waals surface area contributed by atoms with Crippen LogP contribution in [0.1, 0.15) is 66.1 Å². The number of carbonyl (C=O) groups excluding carboxylic acids is 1. The van der Waals surface area contributed by atoms with Crippen LogP contribution in [0.4, 0.5) is 5.69 Å². The van der Waals surface area contributed by atoms with E-state index in [1.165, 1.54) is 6.42 Å². The molecule has 6 nitrogen and oxygen atoms in total. The molecule has 0 amide bonds. The number of hydrogen-bond donors (Lipinski definition) is 1. The van der Waals surface area contributed by atoms with E-state index >= 15 is 0 Å². The number of Topliss-reactive ketones (excluding diaryl/α,β-unsaturated/α-hetero) is 1. The Balaban J connectivity index is 1.64. The fourth-order valence-corrected chi connectivity index (χ4v) is 4.93. The molecule has 2 unspecified atom stereocenters. The lowest BCUT2D eigenvalue weighted by molar-refractivity contribution is -0.162. The van der Waals surface area contributed by atoms with E-state index in [1.54, 1.807) is 24.3 Å². The van der Waals surface area contributed by atoms with Crippen LogP contribution in [-0.4, -0.2) is 24.0 Å². The first-order valence-corrected chi connectivity index (χ1v) is 10.3. The predicted molar refractivity (Wildman–Crippen MR) is 109 cm³/mol. The summed E-state index contributed by atoms with van der Waals surface area (Å²) in [4.78, 5) is 27.9. The monoisotopic (exact) mass is 392 g/mol. The number of ketones is 1. The molecule has 150 valence electrons. The summed E-state index contributed by atoms with van der Waals surface area (Å²) < 4.78 is 5.91. The Labute approximate surface area is 169 Å². The summed E-state index contributed by atoms with van der Waals surface area (Å²) >= 11 is 0. The second-order valence-electron chi connectivity index (χ2n) is 8.56. The first-order valence-electron chi connectivity index (χ1n) is 10.3. The molecule has 0 saturated carbocycles. The number of hydrogen-bond acceptors (Lipinski definition) is 6. The molecule has 2 aliphatic heterocycles. The van der Waals surface area contributed by atoms with Crippen LogP contribution in [-0.2, 0) is 11.3 Å². The Morgan fingerprint density at radius 3 is 2.48 bits per heavy atom. The number of anilines is 1. The molecule has 1 aliphatic carbocycles. The maximum atomic E-state index is 13.5. The van der Waals surface area contributed by atoms with Gasteiger partial charge in [0.15, 0.2) is 0 Å². The highest BCUT2D eigenvalue weighted by Gasteiger charge is 2.73. The van der Waals surface area contributed by atoms with Crippen LogP contribution in [0.15, 0.2) is 41.6 Å². The van der Waals surface area contributed by atoms with Gasteiger partial charge in [0, 0.05) is 35.5 Å². The normalized spacial score (nSPS) is 27.4. The lowest BCUT2D eigenvalue weighted by Gasteiger charge is -2.29. The molecular weight excluding hydrogens is 368 g/mol. The van der Waals surface area contributed by atoms with Gasteiger partial charge in [-0.3, -0.25) is 4.79 Å². The van der Waals surface area contributed by atoms with E-state index in [-0.39, 0.29) is 5.92 Å². The topological polar surface area (TPSA) is 79.2 Å². The van der Waals surface area contributed by atoms with Crippen molar-refractivity contribution in [2.24, 2.45) is 5.18 Å². The maximum absolute atomic E-state index is 13.5. The Kier molecular flexibility index (Phi) is 3.87. The van der Waals surface area contributed by atoms with Crippen LogP contribution >= 0.6 is 0 Å². The van der Waals surface area contributed by atoms with Crippen molar-refractivity contribution < 1.29 is 14.6 Å². The van der Waals surface area contributed by atoms with E-state index < -0.39 is 17.1 Å². The van der Waals surface area contributed by atoms with E-state index in [1.807, 2.05) is 26.0 Å². The van der Waals surface area contributed by atoms with Crippen LogP contribution < -0.4 is 9.64 Å². The minimum Gasteiger partial charge on any atom is -0.454 e. The van der Waals surface area contributed by atoms with Crippen molar-refractivity contribution in [3.05, 3.63) is 63.6 Å². The van der Waals surface area contributed by atoms with Gasteiger partial charge in [-0.05, 0) is 60.2 Å². The van der Waals surface area contributed by atoms with Crippen molar-refractivity contribution >= 4 is 11.5 Å². The van der Waals surface area contributed by atoms with Gasteiger partial charge in [0.1, 0.15) is 5.75 Å². The van der Waals surface area contributed by atoms with E-state index in [0.29, 0.717) is 22.4 Å². The number of aliphatic hydroxyl groups is 1. The molecule has 1 saturated heterocycles. The van der Waals surface area contributed by atoms with Gasteiger partial charge in [-0.25, -0.2) is 0 Å². The van der Waals surface area contributed by atoms with Crippen molar-refractivity contribution in [2.75, 3.05) is 18.0 Å². The number of rotatable bonds is 3. The fraction of sp³-hybridized carbons (Fsp3) is 0.435. The first kappa shape index (κ1) is 18.3. The van der Waals surface area contributed by atoms with E-state index in [4.69, 9.17) is 4.74 Å². The fourth-order valence-electron chi connectivity index (χ4n) is 4.93. The Morgan fingerprint density at radius 1 is 1.07 bits per heavy atom. The number of piperidine rings is 1. The highest BCUT2D eigenvalue weighted by Crippen LogP contribution is 2.60. The molecule has 2 atom stereocenters. The highest BCUT2D eigenvalue weighted by molar-refractivity contribution is 6.11. The van der Waals surface area contributed by atoms with E-state index in [2.05, 4.69) is 10.1 Å². The van der Waals surface area contributed by atoms with Crippen LogP contribution in [0, 0.1) is 4.91 Å². The quantitative estimate of drug-likeness (QED) is 0.792. The summed E-state index contributed by atoms with van der Waals surface area (Å²) in [5.74, 6) is -2.02. The molecule has 3 aliphatic rings. The largest absolute Gasteiger partial charge is 0.454 e. The molecule has 1 fully saturated rings. The molecule has 5 rings (SSSR count). The minimum absolute atomic E-state index is 0.245. The molecule has 6 heteroatoms. The average Bonchev–Trinajstić information content (AvgIpc) is 3.11. The standard InChI is InChI=1S/C23H24N2O4/c1-14(2)15-6-8-19-20(12-15)29-23(27)18-9-7-16(25-10-4-3-5-11-25)13-17(18)21(26)22(19,23)24-28/h6-9,12-14,27H,3-5,10-11H2,1-2H3. The Morgan fingerprint density at radius 2 is 1.79 bits per heavy atom. The summed E-state index contributed by atoms with van der Waals surface area (Å²) in [6, 6.07) is 10.7. The van der Waals surface area contributed by atoms with Crippen molar-refractivity contribution in [3.63, 3.8) is 0 Å². The zero-order valence-electron chi connectivity index (χ0n) is 16.6. The van der Waals surface area contributed by atoms with Gasteiger partial charge in [-0.1, -0.05) is 26.0 Å². The van der Waals surface area contributed by atoms with Gasteiger partial charge in [0.2, 0.25) is 5.78 Å². The number of ether oxygens (including phenoxy) is 1. The molecule has 0 radical (unpaired) electrons. The van der Waals surface area contributed by atoms with Crippen LogP contribution in [0.25, 0.3) is 0 Å². The van der Waals surface area contributed by atoms with Gasteiger partial charge in [-0.15, -0.1) is 4.91 Å². The molecule has 0 spiro atoms. The lowest BCUT2D eigenvalue weighted by Crippen LogP contribution is -2.47. The molecule has 1 N–H and O–H groups in total. The van der Waals surface area contributed by atoms with Crippen LogP contribution in [0.2, 0.25) is 0 Å². The van der Waals surface area contributed by atoms with Crippen molar-refractivity contribution in [1.82, 2.24) is 0 Å². The zero-order valence-corrected chi connectivity index (χ0v) is 16.6. The van der Waals surface area contributed by atoms with E-state index in [9.17, 15) is 14.8 Å². The van der Waals surface area contributed by atoms with Crippen molar-refractivity contribution in [3.8, 4) is 5.75 Å². The van der Waals surface area contributed by atoms with Crippen molar-refractivity contribution in [1.29, 1.82) is 0 Å². The van der Waals surface area contributed by atoms with Crippen LogP contribution in [0.5, 0.6) is 5.75 Å². The van der Waals surface area contributed by atoms with Crippen molar-refractivity contribution in [2.45, 2.75) is 50.4 Å². The van der Waals surface area contributed by atoms with Gasteiger partial charge in [-0.2, -0.15) is 0 Å². The highest BCUT2D eigenvalue weighted by atomic mass is 16.6. The summed E-state index contributed by atoms with van der Waals surface area (Å²) in [6.07, 6.45) is 3.44. The zero-order chi connectivity index (χ0) is 20.4. The van der Waals surface area contributed by atoms with Gasteiger partial charge >= 0.3 is 0 Å². The third kappa shape index (κ3) is 2.23. The smallest absolute Gasteiger partial charge is 0.276 e. The predicted octanol–water partition coefficient (Wildman–Crippen LogP) is 4.20. The van der Waals surface area contributed by atoms with Gasteiger partial charge in [0.05, 0.1) is 0 Å². The summed E-state index contributed by atoms with van der Waals surface area (Å²) in [6.45, 7) is 5.96. The molecule has 0 aromatic heterocycles. The van der Waals surface area contributed by atoms with Gasteiger partial charge < -0.3 is 14.7 Å². The number of nitroso groups, excluding NO2 is 1. The van der Waals surface area contributed by atoms with Crippen LogP contribution in [0.3, 0.4) is 0 Å². The number of benzene rings is 2. The molecule has 2 aromatic carbocycles. The third-order valence-corrected chi connectivity index (χ3v) is 6.61. The SMILES string of the molecule is CC(C)c1ccc2c(c1)OC1(O)c3ccc(N4CCCCC4)cc3C(=O)C21N=O. The lowest BCUT2D eigenvalue weighted by atomic mass is 9.83. The number of fused-ring (bicyclic) bond motifs is 5. The maximum Gasteiger partial charge on any atom is 0.276 e. The molecule has 0 bridgehead atoms. The Hall–Kier alpha value is -2.73. The first-order chi connectivity index (χ1) is 13.9. The number of nitrogens with zero attached hydrogens (tertiary/aromatic N) is 2.